The van der Waals surface area contributed by atoms with Crippen LogP contribution in [0.15, 0.2) is 23.5 Å². The van der Waals surface area contributed by atoms with Crippen LogP contribution in [0.2, 0.25) is 0 Å². The summed E-state index contributed by atoms with van der Waals surface area (Å²) in [5.41, 5.74) is -6.49. The second-order valence-electron chi connectivity index (χ2n) is 15.4. The molecule has 17 nitrogen and oxygen atoms in total. The van der Waals surface area contributed by atoms with Gasteiger partial charge in [0.1, 0.15) is 36.6 Å². The zero-order valence-electron chi connectivity index (χ0n) is 29.0. The molecule has 2 bridgehead atoms. The predicted octanol–water partition coefficient (Wildman–Crippen LogP) is -2.62. The van der Waals surface area contributed by atoms with Crippen molar-refractivity contribution >= 4 is 23.7 Å². The summed E-state index contributed by atoms with van der Waals surface area (Å²) in [6.45, 7) is 6.50. The monoisotopic (exact) mass is 726 g/mol. The Bertz CT molecular complexity index is 1530. The number of aliphatic hydroxyl groups excluding tert-OH is 6. The lowest BCUT2D eigenvalue weighted by Gasteiger charge is -2.67. The van der Waals surface area contributed by atoms with Crippen LogP contribution < -0.4 is 0 Å². The molecule has 0 amide bonds. The summed E-state index contributed by atoms with van der Waals surface area (Å²) in [7, 11) is 1.03. The van der Waals surface area contributed by atoms with Crippen molar-refractivity contribution in [2.45, 2.75) is 107 Å². The van der Waals surface area contributed by atoms with Crippen LogP contribution in [0.4, 0.5) is 0 Å². The Balaban J connectivity index is 1.47. The average Bonchev–Trinajstić information content (AvgIpc) is 3.37. The average molecular weight is 727 g/mol. The van der Waals surface area contributed by atoms with E-state index >= 15 is 0 Å². The van der Waals surface area contributed by atoms with E-state index in [1.807, 2.05) is 0 Å². The first-order valence-electron chi connectivity index (χ1n) is 16.9. The van der Waals surface area contributed by atoms with Gasteiger partial charge in [-0.05, 0) is 50.2 Å². The van der Waals surface area contributed by atoms with Crippen molar-refractivity contribution in [3.8, 4) is 0 Å². The molecule has 3 saturated heterocycles. The van der Waals surface area contributed by atoms with Gasteiger partial charge < -0.3 is 64.2 Å². The van der Waals surface area contributed by atoms with Gasteiger partial charge in [-0.2, -0.15) is 0 Å². The molecule has 7 N–H and O–H groups in total. The van der Waals surface area contributed by atoms with Crippen molar-refractivity contribution in [3.63, 3.8) is 0 Å². The molecule has 3 aliphatic carbocycles. The molecular weight excluding hydrogens is 680 g/mol. The normalized spacial score (nSPS) is 47.7. The van der Waals surface area contributed by atoms with Gasteiger partial charge in [0.15, 0.2) is 11.5 Å². The highest BCUT2D eigenvalue weighted by molar-refractivity contribution is 5.97. The molecule has 0 aromatic heterocycles. The molecule has 3 heterocycles. The molecule has 284 valence electrons. The van der Waals surface area contributed by atoms with Crippen molar-refractivity contribution in [2.24, 2.45) is 34.5 Å². The van der Waals surface area contributed by atoms with Crippen LogP contribution in [0.25, 0.3) is 0 Å². The van der Waals surface area contributed by atoms with Gasteiger partial charge in [0.25, 0.3) is 0 Å². The topological polar surface area (TPSA) is 265 Å². The largest absolute Gasteiger partial charge is 0.467 e. The minimum Gasteiger partial charge on any atom is -0.467 e. The quantitative estimate of drug-likeness (QED) is 0.0804. The number of methoxy groups -OCH3 is 1. The number of fused-ring (bicyclic) bond motifs is 2. The van der Waals surface area contributed by atoms with E-state index in [0.717, 1.165) is 13.2 Å². The fourth-order valence-electron chi connectivity index (χ4n) is 9.69. The van der Waals surface area contributed by atoms with Gasteiger partial charge in [0.05, 0.1) is 37.9 Å². The van der Waals surface area contributed by atoms with Crippen molar-refractivity contribution in [3.05, 3.63) is 23.5 Å². The van der Waals surface area contributed by atoms with E-state index in [1.54, 1.807) is 13.8 Å². The number of carbonyl (C=O) groups is 4. The second kappa shape index (κ2) is 12.6. The number of ether oxygens (including phenoxy) is 6. The van der Waals surface area contributed by atoms with E-state index in [-0.39, 0.29) is 24.4 Å². The minimum absolute atomic E-state index is 0.00772. The van der Waals surface area contributed by atoms with Crippen LogP contribution >= 0.6 is 0 Å². The van der Waals surface area contributed by atoms with Crippen molar-refractivity contribution in [2.75, 3.05) is 20.3 Å². The van der Waals surface area contributed by atoms with E-state index in [4.69, 9.17) is 28.4 Å². The number of aliphatic hydroxyl groups is 7. The summed E-state index contributed by atoms with van der Waals surface area (Å²) in [6, 6.07) is 0. The van der Waals surface area contributed by atoms with Gasteiger partial charge in [-0.25, -0.2) is 14.4 Å². The number of allylic oxidation sites excluding steroid dienone is 2. The summed E-state index contributed by atoms with van der Waals surface area (Å²) >= 11 is 0. The number of rotatable bonds is 7. The fraction of sp³-hybridized carbons (Fsp3) is 0.765. The number of ketones is 1. The molecule has 51 heavy (non-hydrogen) atoms. The fourth-order valence-corrected chi connectivity index (χ4v) is 9.69. The van der Waals surface area contributed by atoms with Gasteiger partial charge in [0.2, 0.25) is 18.0 Å². The van der Waals surface area contributed by atoms with Crippen LogP contribution in [0.5, 0.6) is 0 Å². The molecule has 0 aromatic carbocycles. The number of carbonyl (C=O) groups excluding carboxylic acids is 4. The third-order valence-electron chi connectivity index (χ3n) is 12.5. The number of hydrogen-bond acceptors (Lipinski definition) is 17. The molecule has 3 aliphatic heterocycles. The molecular formula is C34H46O17. The van der Waals surface area contributed by atoms with Crippen LogP contribution in [0.1, 0.15) is 41.0 Å². The molecule has 0 aromatic rings. The van der Waals surface area contributed by atoms with E-state index in [0.29, 0.717) is 0 Å². The van der Waals surface area contributed by atoms with Crippen molar-refractivity contribution in [1.82, 2.24) is 0 Å². The molecule has 2 unspecified atom stereocenters. The van der Waals surface area contributed by atoms with Crippen LogP contribution in [0, 0.1) is 34.5 Å². The van der Waals surface area contributed by atoms with E-state index in [2.05, 4.69) is 0 Å². The number of Topliss-reactive ketones (excluding diaryl/α,β-unsaturated/α-hetero) is 1. The maximum atomic E-state index is 13.8. The maximum Gasteiger partial charge on any atom is 0.348 e. The van der Waals surface area contributed by atoms with Gasteiger partial charge in [-0.1, -0.05) is 13.8 Å². The Morgan fingerprint density at radius 3 is 2.33 bits per heavy atom. The standard InChI is InChI=1S/C34H46O17/c1-12(31(3,4)45)7-18(36)51-24-26-33-11-47-34(26,30(44)46-6)27(42)23(41)25(33)32(5)9-15(19(37)13(2)14(32)8-17(33)50-28(24)43)48-29-22(40)21(39)20(38)16(10-35)49-29/h7,9,13-14,16-17,20-27,29,35,38-42,45H,8,10-11H2,1-6H3/b12-7+/t13?,14-,16+,17+,20+,21-,22+,23+,24+,25+,26+,27-,29+,32-,33+,34?/m0/s1. The van der Waals surface area contributed by atoms with E-state index < -0.39 is 131 Å². The van der Waals surface area contributed by atoms with Crippen LogP contribution in [-0.4, -0.2) is 146 Å². The Labute approximate surface area is 292 Å². The Morgan fingerprint density at radius 2 is 1.73 bits per heavy atom. The van der Waals surface area contributed by atoms with E-state index in [9.17, 15) is 54.9 Å². The van der Waals surface area contributed by atoms with Crippen molar-refractivity contribution < 1.29 is 83.3 Å². The van der Waals surface area contributed by atoms with Gasteiger partial charge >= 0.3 is 17.9 Å². The molecule has 6 aliphatic rings. The molecule has 5 fully saturated rings. The Kier molecular flexibility index (Phi) is 9.29. The lowest BCUT2D eigenvalue weighted by Crippen LogP contribution is -2.79. The van der Waals surface area contributed by atoms with Crippen LogP contribution in [-0.2, 0) is 47.6 Å². The predicted molar refractivity (Wildman–Crippen MR) is 165 cm³/mol. The maximum absolute atomic E-state index is 13.8. The molecule has 6 rings (SSSR count). The molecule has 16 atom stereocenters. The lowest BCUT2D eigenvalue weighted by molar-refractivity contribution is -0.296. The summed E-state index contributed by atoms with van der Waals surface area (Å²) in [6.07, 6.45) is -12.8. The molecule has 0 radical (unpaired) electrons. The minimum atomic E-state index is -2.40. The highest BCUT2D eigenvalue weighted by Gasteiger charge is 2.85. The molecule has 1 spiro atoms. The number of esters is 3. The first-order chi connectivity index (χ1) is 23.7. The second-order valence-corrected chi connectivity index (χ2v) is 15.4. The van der Waals surface area contributed by atoms with Gasteiger partial charge in [-0.15, -0.1) is 0 Å². The first-order valence-corrected chi connectivity index (χ1v) is 16.9. The van der Waals surface area contributed by atoms with Crippen LogP contribution in [0.3, 0.4) is 0 Å². The number of hydrogen-bond donors (Lipinski definition) is 7. The molecule has 17 heteroatoms. The van der Waals surface area contributed by atoms with Crippen molar-refractivity contribution in [1.29, 1.82) is 0 Å². The highest BCUT2D eigenvalue weighted by Crippen LogP contribution is 2.72. The first kappa shape index (κ1) is 37.7. The summed E-state index contributed by atoms with van der Waals surface area (Å²) in [5, 5.41) is 75.2. The SMILES string of the molecule is COC(=O)C12OC[C@]34[C@H]([C@@H](O)[C@@H]1O)[C@@]1(C)C=C(O[C@@H]5O[C@H](CO)[C@@H](O)[C@H](O)[C@H]5O)C(=O)C(C)[C@@H]1C[C@H]3OC(=O)[C@H](OC(=O)/C=C(\C)C(C)(C)O)[C@@H]24. The Morgan fingerprint density at radius 1 is 1.06 bits per heavy atom. The van der Waals surface area contributed by atoms with Gasteiger partial charge in [-0.3, -0.25) is 4.79 Å². The highest BCUT2D eigenvalue weighted by atomic mass is 16.7. The Hall–Kier alpha value is -3.00. The summed E-state index contributed by atoms with van der Waals surface area (Å²) in [4.78, 5) is 54.5. The van der Waals surface area contributed by atoms with E-state index in [1.165, 1.54) is 26.8 Å². The van der Waals surface area contributed by atoms with Gasteiger partial charge in [0, 0.05) is 23.3 Å². The zero-order chi connectivity index (χ0) is 37.7. The summed E-state index contributed by atoms with van der Waals surface area (Å²) < 4.78 is 34.2. The smallest absolute Gasteiger partial charge is 0.348 e. The third-order valence-corrected chi connectivity index (χ3v) is 12.5. The third kappa shape index (κ3) is 5.22. The lowest BCUT2D eigenvalue weighted by atomic mass is 9.38. The molecule has 2 saturated carbocycles. The zero-order valence-corrected chi connectivity index (χ0v) is 29.0. The summed E-state index contributed by atoms with van der Waals surface area (Å²) in [5.74, 6) is -8.35.